The Hall–Kier alpha value is -3.50. The van der Waals surface area contributed by atoms with Crippen molar-refractivity contribution in [2.24, 2.45) is 0 Å². The fourth-order valence-corrected chi connectivity index (χ4v) is 3.36. The van der Waals surface area contributed by atoms with E-state index in [4.69, 9.17) is 27.9 Å². The highest BCUT2D eigenvalue weighted by molar-refractivity contribution is 6.42. The first-order chi connectivity index (χ1) is 15.1. The van der Waals surface area contributed by atoms with Crippen LogP contribution in [0.15, 0.2) is 36.4 Å². The van der Waals surface area contributed by atoms with E-state index in [1.807, 2.05) is 0 Å². The Labute approximate surface area is 191 Å². The molecule has 1 aliphatic rings. The number of hydrogen-bond acceptors (Lipinski definition) is 7. The quantitative estimate of drug-likeness (QED) is 0.258. The third kappa shape index (κ3) is 4.71. The van der Waals surface area contributed by atoms with Gasteiger partial charge in [-0.1, -0.05) is 35.3 Å². The summed E-state index contributed by atoms with van der Waals surface area (Å²) in [5.41, 5.74) is -0.382. The van der Waals surface area contributed by atoms with Gasteiger partial charge in [-0.3, -0.25) is 34.2 Å². The van der Waals surface area contributed by atoms with Gasteiger partial charge in [0.2, 0.25) is 0 Å². The van der Waals surface area contributed by atoms with Crippen molar-refractivity contribution in [3.05, 3.63) is 73.2 Å². The summed E-state index contributed by atoms with van der Waals surface area (Å²) in [5.74, 6) is -3.38. The van der Waals surface area contributed by atoms with Gasteiger partial charge >= 0.3 is 5.97 Å². The second-order valence-corrected chi connectivity index (χ2v) is 7.63. The van der Waals surface area contributed by atoms with E-state index in [1.54, 1.807) is 18.2 Å². The zero-order chi connectivity index (χ0) is 23.6. The zero-order valence-electron chi connectivity index (χ0n) is 16.5. The third-order valence-corrected chi connectivity index (χ3v) is 5.39. The predicted molar refractivity (Wildman–Crippen MR) is 112 cm³/mol. The molecule has 0 aromatic heterocycles. The first-order valence-corrected chi connectivity index (χ1v) is 9.83. The Morgan fingerprint density at radius 1 is 1.12 bits per heavy atom. The highest BCUT2D eigenvalue weighted by Crippen LogP contribution is 2.30. The van der Waals surface area contributed by atoms with Crippen molar-refractivity contribution in [2.75, 3.05) is 20.2 Å². The lowest BCUT2D eigenvalue weighted by molar-refractivity contribution is -0.385. The van der Waals surface area contributed by atoms with Crippen molar-refractivity contribution in [2.45, 2.75) is 6.54 Å². The average molecular weight is 480 g/mol. The molecule has 0 radical (unpaired) electrons. The van der Waals surface area contributed by atoms with Gasteiger partial charge in [-0.25, -0.2) is 0 Å². The van der Waals surface area contributed by atoms with Crippen LogP contribution in [0.25, 0.3) is 0 Å². The van der Waals surface area contributed by atoms with Crippen LogP contribution in [0.5, 0.6) is 0 Å². The van der Waals surface area contributed by atoms with E-state index in [2.05, 4.69) is 0 Å². The second kappa shape index (κ2) is 9.33. The molecule has 1 heterocycles. The maximum Gasteiger partial charge on any atom is 0.326 e. The van der Waals surface area contributed by atoms with Gasteiger partial charge in [-0.15, -0.1) is 0 Å². The van der Waals surface area contributed by atoms with Gasteiger partial charge in [0.15, 0.2) is 6.61 Å². The van der Waals surface area contributed by atoms with Gasteiger partial charge in [-0.2, -0.15) is 0 Å². The van der Waals surface area contributed by atoms with Crippen LogP contribution in [-0.4, -0.2) is 58.6 Å². The SMILES string of the molecule is CN(Cc1ccc(Cl)c(Cl)c1)C(=O)COC(=O)CN1C(=O)c2cccc([N+](=O)[O-])c2C1=O. The van der Waals surface area contributed by atoms with E-state index in [9.17, 15) is 29.3 Å². The van der Waals surface area contributed by atoms with E-state index in [0.717, 1.165) is 6.07 Å². The van der Waals surface area contributed by atoms with Crippen LogP contribution in [-0.2, 0) is 20.9 Å². The molecule has 1 aliphatic heterocycles. The number of fused-ring (bicyclic) bond motifs is 1. The number of halogens is 2. The molecule has 0 aliphatic carbocycles. The molecule has 0 atom stereocenters. The average Bonchev–Trinajstić information content (AvgIpc) is 2.99. The van der Waals surface area contributed by atoms with Crippen molar-refractivity contribution in [1.82, 2.24) is 9.80 Å². The number of nitrogens with zero attached hydrogens (tertiary/aromatic N) is 3. The Balaban J connectivity index is 1.57. The number of carbonyl (C=O) groups is 4. The summed E-state index contributed by atoms with van der Waals surface area (Å²) in [4.78, 5) is 61.4. The summed E-state index contributed by atoms with van der Waals surface area (Å²) in [6.45, 7) is -1.23. The molecule has 0 saturated carbocycles. The molecule has 2 aromatic carbocycles. The molecule has 0 bridgehead atoms. The summed E-state index contributed by atoms with van der Waals surface area (Å²) < 4.78 is 4.88. The fraction of sp³-hybridized carbons (Fsp3) is 0.200. The minimum atomic E-state index is -1.02. The van der Waals surface area contributed by atoms with Gasteiger partial charge in [0.1, 0.15) is 12.1 Å². The molecule has 12 heteroatoms. The Bertz CT molecular complexity index is 1150. The monoisotopic (exact) mass is 479 g/mol. The lowest BCUT2D eigenvalue weighted by atomic mass is 10.1. The van der Waals surface area contributed by atoms with Crippen LogP contribution in [0, 0.1) is 10.1 Å². The van der Waals surface area contributed by atoms with Crippen LogP contribution in [0.4, 0.5) is 5.69 Å². The summed E-state index contributed by atoms with van der Waals surface area (Å²) in [6.07, 6.45) is 0. The summed E-state index contributed by atoms with van der Waals surface area (Å²) in [7, 11) is 1.49. The minimum absolute atomic E-state index is 0.172. The van der Waals surface area contributed by atoms with Crippen LogP contribution < -0.4 is 0 Å². The molecule has 0 fully saturated rings. The Kier molecular flexibility index (Phi) is 6.75. The van der Waals surface area contributed by atoms with Crippen LogP contribution >= 0.6 is 23.2 Å². The lowest BCUT2D eigenvalue weighted by Gasteiger charge is -2.18. The molecule has 0 N–H and O–H groups in total. The molecular formula is C20H15Cl2N3O7. The Morgan fingerprint density at radius 2 is 1.84 bits per heavy atom. The van der Waals surface area contributed by atoms with E-state index in [0.29, 0.717) is 20.5 Å². The number of nitro benzene ring substituents is 1. The fourth-order valence-electron chi connectivity index (χ4n) is 3.04. The maximum atomic E-state index is 12.5. The normalized spacial score (nSPS) is 12.5. The van der Waals surface area contributed by atoms with Gasteiger partial charge in [-0.05, 0) is 23.8 Å². The number of carbonyl (C=O) groups excluding carboxylic acids is 4. The molecule has 32 heavy (non-hydrogen) atoms. The van der Waals surface area contributed by atoms with Crippen LogP contribution in [0.3, 0.4) is 0 Å². The van der Waals surface area contributed by atoms with E-state index in [-0.39, 0.29) is 17.7 Å². The molecule has 3 amide bonds. The standard InChI is InChI=1S/C20H15Cl2N3O7/c1-23(8-11-5-6-13(21)14(22)7-11)16(26)10-32-17(27)9-24-19(28)12-3-2-4-15(25(30)31)18(12)20(24)29/h2-7H,8-10H2,1H3. The highest BCUT2D eigenvalue weighted by Gasteiger charge is 2.42. The molecule has 0 spiro atoms. The van der Waals surface area contributed by atoms with Crippen molar-refractivity contribution < 1.29 is 28.8 Å². The zero-order valence-corrected chi connectivity index (χ0v) is 18.1. The number of ether oxygens (including phenoxy) is 1. The Morgan fingerprint density at radius 3 is 2.50 bits per heavy atom. The molecule has 3 rings (SSSR count). The smallest absolute Gasteiger partial charge is 0.326 e. The topological polar surface area (TPSA) is 127 Å². The largest absolute Gasteiger partial charge is 0.454 e. The molecular weight excluding hydrogens is 465 g/mol. The summed E-state index contributed by atoms with van der Waals surface area (Å²) >= 11 is 11.8. The first kappa shape index (κ1) is 23.2. The number of amides is 3. The summed E-state index contributed by atoms with van der Waals surface area (Å²) in [5, 5.41) is 11.8. The van der Waals surface area contributed by atoms with Gasteiger partial charge in [0.05, 0.1) is 20.5 Å². The first-order valence-electron chi connectivity index (χ1n) is 9.07. The van der Waals surface area contributed by atoms with Gasteiger partial charge in [0.25, 0.3) is 23.4 Å². The van der Waals surface area contributed by atoms with E-state index >= 15 is 0 Å². The van der Waals surface area contributed by atoms with Crippen molar-refractivity contribution >= 4 is 52.6 Å². The van der Waals surface area contributed by atoms with Crippen LogP contribution in [0.2, 0.25) is 10.0 Å². The van der Waals surface area contributed by atoms with Gasteiger partial charge < -0.3 is 9.64 Å². The third-order valence-electron chi connectivity index (χ3n) is 4.65. The number of nitro groups is 1. The maximum absolute atomic E-state index is 12.5. The molecule has 2 aromatic rings. The molecule has 166 valence electrons. The van der Waals surface area contributed by atoms with Crippen LogP contribution in [0.1, 0.15) is 26.3 Å². The van der Waals surface area contributed by atoms with Crippen molar-refractivity contribution in [3.8, 4) is 0 Å². The van der Waals surface area contributed by atoms with Crippen molar-refractivity contribution in [1.29, 1.82) is 0 Å². The number of esters is 1. The summed E-state index contributed by atoms with van der Waals surface area (Å²) in [6, 6.07) is 8.49. The number of likely N-dealkylation sites (N-methyl/N-ethyl adjacent to an activating group) is 1. The number of benzene rings is 2. The van der Waals surface area contributed by atoms with E-state index < -0.39 is 47.5 Å². The second-order valence-electron chi connectivity index (χ2n) is 6.81. The molecule has 0 saturated heterocycles. The lowest BCUT2D eigenvalue weighted by Crippen LogP contribution is -2.37. The number of rotatable bonds is 7. The highest BCUT2D eigenvalue weighted by atomic mass is 35.5. The van der Waals surface area contributed by atoms with Crippen molar-refractivity contribution in [3.63, 3.8) is 0 Å². The minimum Gasteiger partial charge on any atom is -0.454 e. The number of hydrogen-bond donors (Lipinski definition) is 0. The van der Waals surface area contributed by atoms with Gasteiger partial charge in [0, 0.05) is 19.7 Å². The molecule has 0 unspecified atom stereocenters. The van der Waals surface area contributed by atoms with E-state index in [1.165, 1.54) is 24.1 Å². The molecule has 10 nitrogen and oxygen atoms in total. The number of imide groups is 1. The predicted octanol–water partition coefficient (Wildman–Crippen LogP) is 2.70.